The maximum Gasteiger partial charge on any atom is 0.141 e. The van der Waals surface area contributed by atoms with E-state index in [1.54, 1.807) is 18.2 Å². The number of benzene rings is 2. The van der Waals surface area contributed by atoms with Crippen molar-refractivity contribution in [2.45, 2.75) is 12.5 Å². The minimum absolute atomic E-state index is 0.0662. The summed E-state index contributed by atoms with van der Waals surface area (Å²) in [6.07, 6.45) is 0.501. The van der Waals surface area contributed by atoms with E-state index in [4.69, 9.17) is 17.4 Å². The SMILES string of the molecule is NNC(Cc1ccc(F)c(Cl)c1)c1ccc(F)cc1Br. The minimum atomic E-state index is -0.462. The summed E-state index contributed by atoms with van der Waals surface area (Å²) >= 11 is 9.06. The lowest BCUT2D eigenvalue weighted by Gasteiger charge is -2.18. The van der Waals surface area contributed by atoms with Crippen molar-refractivity contribution in [1.82, 2.24) is 5.43 Å². The second-order valence-corrected chi connectivity index (χ2v) is 5.60. The molecule has 0 aromatic heterocycles. The molecule has 2 aromatic rings. The molecule has 3 N–H and O–H groups in total. The standard InChI is InChI=1S/C14H12BrClF2N2/c15-11-7-9(17)2-3-10(11)14(20-19)6-8-1-4-13(18)12(16)5-8/h1-5,7,14,20H,6,19H2. The lowest BCUT2D eigenvalue weighted by Crippen LogP contribution is -2.29. The summed E-state index contributed by atoms with van der Waals surface area (Å²) in [5.41, 5.74) is 4.32. The van der Waals surface area contributed by atoms with Crippen molar-refractivity contribution in [2.24, 2.45) is 5.84 Å². The third-order valence-electron chi connectivity index (χ3n) is 2.96. The number of hydrogen-bond acceptors (Lipinski definition) is 2. The van der Waals surface area contributed by atoms with Gasteiger partial charge in [-0.15, -0.1) is 0 Å². The fourth-order valence-electron chi connectivity index (χ4n) is 1.95. The van der Waals surface area contributed by atoms with Gasteiger partial charge in [0.05, 0.1) is 11.1 Å². The van der Waals surface area contributed by atoms with Crippen LogP contribution >= 0.6 is 27.5 Å². The monoisotopic (exact) mass is 360 g/mol. The van der Waals surface area contributed by atoms with Crippen LogP contribution in [0.15, 0.2) is 40.9 Å². The highest BCUT2D eigenvalue weighted by atomic mass is 79.9. The highest BCUT2D eigenvalue weighted by Crippen LogP contribution is 2.27. The molecule has 2 nitrogen and oxygen atoms in total. The Bertz CT molecular complexity index is 622. The van der Waals surface area contributed by atoms with Crippen molar-refractivity contribution < 1.29 is 8.78 Å². The largest absolute Gasteiger partial charge is 0.271 e. The van der Waals surface area contributed by atoms with Crippen molar-refractivity contribution in [3.05, 3.63) is 68.7 Å². The Kier molecular flexibility index (Phi) is 5.10. The summed E-state index contributed by atoms with van der Waals surface area (Å²) in [6, 6.07) is 8.65. The molecule has 6 heteroatoms. The molecule has 106 valence electrons. The average molecular weight is 362 g/mol. The summed E-state index contributed by atoms with van der Waals surface area (Å²) in [4.78, 5) is 0. The van der Waals surface area contributed by atoms with Gasteiger partial charge in [-0.1, -0.05) is 39.7 Å². The molecule has 1 unspecified atom stereocenters. The van der Waals surface area contributed by atoms with Gasteiger partial charge in [0.2, 0.25) is 0 Å². The van der Waals surface area contributed by atoms with Gasteiger partial charge in [-0.2, -0.15) is 0 Å². The molecule has 0 fully saturated rings. The van der Waals surface area contributed by atoms with E-state index in [0.29, 0.717) is 10.9 Å². The van der Waals surface area contributed by atoms with Crippen LogP contribution in [-0.2, 0) is 6.42 Å². The van der Waals surface area contributed by atoms with Crippen molar-refractivity contribution in [3.63, 3.8) is 0 Å². The topological polar surface area (TPSA) is 38.0 Å². The van der Waals surface area contributed by atoms with Crippen LogP contribution in [0, 0.1) is 11.6 Å². The first-order valence-corrected chi connectivity index (χ1v) is 7.03. The van der Waals surface area contributed by atoms with E-state index in [2.05, 4.69) is 21.4 Å². The van der Waals surface area contributed by atoms with Gasteiger partial charge in [0.1, 0.15) is 11.6 Å². The van der Waals surface area contributed by atoms with Gasteiger partial charge in [-0.05, 0) is 41.8 Å². The molecule has 0 radical (unpaired) electrons. The number of nitrogens with two attached hydrogens (primary N) is 1. The number of rotatable bonds is 4. The molecule has 0 saturated heterocycles. The molecule has 0 bridgehead atoms. The van der Waals surface area contributed by atoms with Gasteiger partial charge >= 0.3 is 0 Å². The summed E-state index contributed by atoms with van der Waals surface area (Å²) in [5.74, 6) is 4.76. The predicted molar refractivity (Wildman–Crippen MR) is 79.3 cm³/mol. The predicted octanol–water partition coefficient (Wildman–Crippen LogP) is 4.13. The van der Waals surface area contributed by atoms with Crippen LogP contribution < -0.4 is 11.3 Å². The molecule has 0 amide bonds. The van der Waals surface area contributed by atoms with Crippen molar-refractivity contribution in [3.8, 4) is 0 Å². The lowest BCUT2D eigenvalue weighted by atomic mass is 9.99. The Hall–Kier alpha value is -1.01. The van der Waals surface area contributed by atoms with Crippen LogP contribution in [0.4, 0.5) is 8.78 Å². The molecule has 2 aromatic carbocycles. The van der Waals surface area contributed by atoms with Gasteiger partial charge in [-0.25, -0.2) is 8.78 Å². The van der Waals surface area contributed by atoms with Gasteiger partial charge in [-0.3, -0.25) is 11.3 Å². The second-order valence-electron chi connectivity index (χ2n) is 4.34. The molecule has 2 rings (SSSR count). The maximum absolute atomic E-state index is 13.1. The minimum Gasteiger partial charge on any atom is -0.271 e. The Morgan fingerprint density at radius 2 is 1.95 bits per heavy atom. The van der Waals surface area contributed by atoms with Crippen LogP contribution in [0.3, 0.4) is 0 Å². The first-order valence-electron chi connectivity index (χ1n) is 5.86. The average Bonchev–Trinajstić information content (AvgIpc) is 2.41. The van der Waals surface area contributed by atoms with Gasteiger partial charge in [0, 0.05) is 4.47 Å². The van der Waals surface area contributed by atoms with E-state index in [1.807, 2.05) is 0 Å². The van der Waals surface area contributed by atoms with Crippen LogP contribution in [0.5, 0.6) is 0 Å². The molecule has 20 heavy (non-hydrogen) atoms. The zero-order valence-corrected chi connectivity index (χ0v) is 12.7. The summed E-state index contributed by atoms with van der Waals surface area (Å²) < 4.78 is 26.8. The lowest BCUT2D eigenvalue weighted by molar-refractivity contribution is 0.546. The Balaban J connectivity index is 2.26. The van der Waals surface area contributed by atoms with E-state index in [0.717, 1.165) is 11.1 Å². The second kappa shape index (κ2) is 6.63. The summed E-state index contributed by atoms with van der Waals surface area (Å²) in [6.45, 7) is 0. The molecule has 0 aliphatic heterocycles. The van der Waals surface area contributed by atoms with Crippen LogP contribution in [0.1, 0.15) is 17.2 Å². The van der Waals surface area contributed by atoms with E-state index in [9.17, 15) is 8.78 Å². The first kappa shape index (κ1) is 15.4. The summed E-state index contributed by atoms with van der Waals surface area (Å²) in [7, 11) is 0. The van der Waals surface area contributed by atoms with Crippen molar-refractivity contribution in [1.29, 1.82) is 0 Å². The number of hydrazine groups is 1. The fourth-order valence-corrected chi connectivity index (χ4v) is 2.78. The highest BCUT2D eigenvalue weighted by Gasteiger charge is 2.15. The van der Waals surface area contributed by atoms with E-state index >= 15 is 0 Å². The molecule has 0 aliphatic carbocycles. The molecular formula is C14H12BrClF2N2. The van der Waals surface area contributed by atoms with E-state index in [-0.39, 0.29) is 16.9 Å². The zero-order chi connectivity index (χ0) is 14.7. The molecule has 0 saturated carbocycles. The van der Waals surface area contributed by atoms with E-state index in [1.165, 1.54) is 18.2 Å². The smallest absolute Gasteiger partial charge is 0.141 e. The summed E-state index contributed by atoms with van der Waals surface area (Å²) in [5, 5.41) is 0.0662. The zero-order valence-electron chi connectivity index (χ0n) is 10.3. The Morgan fingerprint density at radius 1 is 1.20 bits per heavy atom. The first-order chi connectivity index (χ1) is 9.51. The van der Waals surface area contributed by atoms with E-state index < -0.39 is 5.82 Å². The van der Waals surface area contributed by atoms with Crippen LogP contribution in [0.2, 0.25) is 5.02 Å². The van der Waals surface area contributed by atoms with Crippen LogP contribution in [-0.4, -0.2) is 0 Å². The number of hydrogen-bond donors (Lipinski definition) is 2. The molecule has 1 atom stereocenters. The highest BCUT2D eigenvalue weighted by molar-refractivity contribution is 9.10. The Morgan fingerprint density at radius 3 is 2.55 bits per heavy atom. The maximum atomic E-state index is 13.1. The van der Waals surface area contributed by atoms with Crippen molar-refractivity contribution >= 4 is 27.5 Å². The quantitative estimate of drug-likeness (QED) is 0.635. The van der Waals surface area contributed by atoms with Crippen molar-refractivity contribution in [2.75, 3.05) is 0 Å². The van der Waals surface area contributed by atoms with Crippen LogP contribution in [0.25, 0.3) is 0 Å². The molecular weight excluding hydrogens is 350 g/mol. The third kappa shape index (κ3) is 3.55. The number of halogens is 4. The van der Waals surface area contributed by atoms with Gasteiger partial charge in [0.25, 0.3) is 0 Å². The Labute approximate surface area is 129 Å². The fraction of sp³-hybridized carbons (Fsp3) is 0.143. The normalized spacial score (nSPS) is 12.4. The third-order valence-corrected chi connectivity index (χ3v) is 3.94. The number of nitrogens with one attached hydrogen (secondary N) is 1. The van der Waals surface area contributed by atoms with Gasteiger partial charge in [0.15, 0.2) is 0 Å². The molecule has 0 spiro atoms. The molecule has 0 heterocycles. The van der Waals surface area contributed by atoms with Gasteiger partial charge < -0.3 is 0 Å². The molecule has 0 aliphatic rings.